The van der Waals surface area contributed by atoms with Crippen LogP contribution in [0, 0.1) is 11.7 Å². The van der Waals surface area contributed by atoms with Gasteiger partial charge in [-0.05, 0) is 30.9 Å². The number of nitrogens with one attached hydrogen (secondary N) is 1. The molecule has 1 amide bonds. The van der Waals surface area contributed by atoms with Gasteiger partial charge in [0.15, 0.2) is 0 Å². The van der Waals surface area contributed by atoms with Crippen molar-refractivity contribution in [1.29, 1.82) is 0 Å². The number of nitrogens with two attached hydrogens (primary N) is 1. The Hall–Kier alpha value is -1.49. The van der Waals surface area contributed by atoms with Crippen LogP contribution < -0.4 is 11.1 Å². The summed E-state index contributed by atoms with van der Waals surface area (Å²) in [6.45, 7) is 0. The number of carbonyl (C=O) groups excluding carboxylic acids is 1. The molecule has 0 aliphatic heterocycles. The third-order valence-electron chi connectivity index (χ3n) is 3.83. The van der Waals surface area contributed by atoms with Crippen molar-refractivity contribution in [3.63, 3.8) is 0 Å². The smallest absolute Gasteiger partial charge is 0.254 e. The number of halogens is 1. The predicted octanol–water partition coefficient (Wildman–Crippen LogP) is 2.79. The number of thiocarbonyl (C=S) groups is 1. The number of benzene rings is 1. The van der Waals surface area contributed by atoms with E-state index >= 15 is 0 Å². The van der Waals surface area contributed by atoms with Crippen LogP contribution in [0.4, 0.5) is 4.39 Å². The van der Waals surface area contributed by atoms with E-state index < -0.39 is 11.7 Å². The van der Waals surface area contributed by atoms with Crippen LogP contribution in [-0.2, 0) is 0 Å². The second-order valence-corrected chi connectivity index (χ2v) is 5.70. The molecule has 1 unspecified atom stereocenters. The zero-order valence-corrected chi connectivity index (χ0v) is 12.1. The number of rotatable bonds is 4. The van der Waals surface area contributed by atoms with Gasteiger partial charge < -0.3 is 11.1 Å². The van der Waals surface area contributed by atoms with Crippen LogP contribution in [-0.4, -0.2) is 16.9 Å². The zero-order valence-electron chi connectivity index (χ0n) is 11.3. The first-order valence-corrected chi connectivity index (χ1v) is 7.35. The molecule has 3 N–H and O–H groups in total. The van der Waals surface area contributed by atoms with Gasteiger partial charge in [0.2, 0.25) is 0 Å². The first-order valence-electron chi connectivity index (χ1n) is 6.94. The lowest BCUT2D eigenvalue weighted by atomic mass is 9.83. The summed E-state index contributed by atoms with van der Waals surface area (Å²) < 4.78 is 13.6. The van der Waals surface area contributed by atoms with E-state index in [2.05, 4.69) is 5.32 Å². The molecule has 2 rings (SSSR count). The first kappa shape index (κ1) is 14.9. The molecule has 1 aliphatic carbocycles. The molecule has 0 aromatic heterocycles. The van der Waals surface area contributed by atoms with Gasteiger partial charge >= 0.3 is 0 Å². The second-order valence-electron chi connectivity index (χ2n) is 5.23. The van der Waals surface area contributed by atoms with Crippen LogP contribution in [0.25, 0.3) is 0 Å². The van der Waals surface area contributed by atoms with Crippen molar-refractivity contribution in [2.45, 2.75) is 38.1 Å². The van der Waals surface area contributed by atoms with Crippen LogP contribution >= 0.6 is 12.2 Å². The Kier molecular flexibility index (Phi) is 5.06. The van der Waals surface area contributed by atoms with Gasteiger partial charge in [-0.15, -0.1) is 0 Å². The van der Waals surface area contributed by atoms with Crippen molar-refractivity contribution in [3.05, 3.63) is 35.6 Å². The van der Waals surface area contributed by atoms with Gasteiger partial charge in [-0.25, -0.2) is 4.39 Å². The summed E-state index contributed by atoms with van der Waals surface area (Å²) in [6.07, 6.45) is 5.46. The van der Waals surface area contributed by atoms with Crippen molar-refractivity contribution < 1.29 is 9.18 Å². The fourth-order valence-corrected chi connectivity index (χ4v) is 3.00. The molecule has 0 heterocycles. The number of hydrogen-bond donors (Lipinski definition) is 2. The molecular formula is C15H19FN2OS. The molecule has 1 saturated carbocycles. The van der Waals surface area contributed by atoms with Crippen molar-refractivity contribution in [2.24, 2.45) is 11.7 Å². The maximum atomic E-state index is 13.6. The maximum absolute atomic E-state index is 13.6. The molecule has 1 fully saturated rings. The summed E-state index contributed by atoms with van der Waals surface area (Å²) in [6, 6.07) is 5.57. The van der Waals surface area contributed by atoms with Crippen molar-refractivity contribution in [2.75, 3.05) is 0 Å². The highest BCUT2D eigenvalue weighted by molar-refractivity contribution is 7.80. The average Bonchev–Trinajstić information content (AvgIpc) is 2.45. The van der Waals surface area contributed by atoms with Crippen LogP contribution in [0.2, 0.25) is 0 Å². The predicted molar refractivity (Wildman–Crippen MR) is 81.0 cm³/mol. The fraction of sp³-hybridized carbons (Fsp3) is 0.467. The van der Waals surface area contributed by atoms with Gasteiger partial charge in [-0.3, -0.25) is 4.79 Å². The van der Waals surface area contributed by atoms with Crippen molar-refractivity contribution in [1.82, 2.24) is 5.32 Å². The summed E-state index contributed by atoms with van der Waals surface area (Å²) in [4.78, 5) is 12.4. The minimum atomic E-state index is -0.532. The van der Waals surface area contributed by atoms with Gasteiger partial charge in [0, 0.05) is 0 Å². The standard InChI is InChI=1S/C15H19FN2OS/c16-12-9-5-4-8-11(12)15(19)18-13(14(17)20)10-6-2-1-3-7-10/h4-5,8-10,13H,1-3,6-7H2,(H2,17,20)(H,18,19). The Morgan fingerprint density at radius 2 is 1.95 bits per heavy atom. The summed E-state index contributed by atoms with van der Waals surface area (Å²) in [5.74, 6) is -0.723. The third kappa shape index (κ3) is 3.54. The molecule has 0 bridgehead atoms. The van der Waals surface area contributed by atoms with Gasteiger partial charge in [0.25, 0.3) is 5.91 Å². The Morgan fingerprint density at radius 3 is 2.55 bits per heavy atom. The highest BCUT2D eigenvalue weighted by atomic mass is 32.1. The van der Waals surface area contributed by atoms with E-state index in [1.807, 2.05) is 0 Å². The normalized spacial score (nSPS) is 17.4. The first-order chi connectivity index (χ1) is 9.59. The van der Waals surface area contributed by atoms with Crippen LogP contribution in [0.3, 0.4) is 0 Å². The maximum Gasteiger partial charge on any atom is 0.254 e. The van der Waals surface area contributed by atoms with Gasteiger partial charge in [-0.1, -0.05) is 43.6 Å². The zero-order chi connectivity index (χ0) is 14.5. The van der Waals surface area contributed by atoms with E-state index in [1.165, 1.54) is 18.6 Å². The third-order valence-corrected chi connectivity index (χ3v) is 4.09. The number of amides is 1. The van der Waals surface area contributed by atoms with Crippen LogP contribution in [0.5, 0.6) is 0 Å². The lowest BCUT2D eigenvalue weighted by Gasteiger charge is -2.30. The second kappa shape index (κ2) is 6.79. The molecule has 3 nitrogen and oxygen atoms in total. The summed E-state index contributed by atoms with van der Waals surface area (Å²) in [7, 11) is 0. The highest BCUT2D eigenvalue weighted by Gasteiger charge is 2.28. The van der Waals surface area contributed by atoms with Gasteiger partial charge in [0.1, 0.15) is 5.82 Å². The molecule has 1 aliphatic rings. The van der Waals surface area contributed by atoms with E-state index in [9.17, 15) is 9.18 Å². The topological polar surface area (TPSA) is 55.1 Å². The van der Waals surface area contributed by atoms with Crippen molar-refractivity contribution >= 4 is 23.1 Å². The van der Waals surface area contributed by atoms with E-state index in [4.69, 9.17) is 18.0 Å². The Labute approximate surface area is 123 Å². The molecule has 0 radical (unpaired) electrons. The molecule has 0 saturated heterocycles. The lowest BCUT2D eigenvalue weighted by Crippen LogP contribution is -2.49. The summed E-state index contributed by atoms with van der Waals surface area (Å²) in [5, 5.41) is 2.80. The SMILES string of the molecule is NC(=S)C(NC(=O)c1ccccc1F)C1CCCCC1. The quantitative estimate of drug-likeness (QED) is 0.840. The largest absolute Gasteiger partial charge is 0.392 e. The molecular weight excluding hydrogens is 275 g/mol. The monoisotopic (exact) mass is 294 g/mol. The van der Waals surface area contributed by atoms with Crippen LogP contribution in [0.1, 0.15) is 42.5 Å². The fourth-order valence-electron chi connectivity index (χ4n) is 2.75. The molecule has 0 spiro atoms. The molecule has 5 heteroatoms. The van der Waals surface area contributed by atoms with Gasteiger partial charge in [0.05, 0.1) is 16.6 Å². The molecule has 1 aromatic carbocycles. The molecule has 1 atom stereocenters. The van der Waals surface area contributed by atoms with E-state index in [0.717, 1.165) is 25.7 Å². The Bertz CT molecular complexity index is 500. The van der Waals surface area contributed by atoms with Crippen LogP contribution in [0.15, 0.2) is 24.3 Å². The number of hydrogen-bond acceptors (Lipinski definition) is 2. The van der Waals surface area contributed by atoms with Crippen molar-refractivity contribution in [3.8, 4) is 0 Å². The minimum absolute atomic E-state index is 0.0320. The highest BCUT2D eigenvalue weighted by Crippen LogP contribution is 2.27. The van der Waals surface area contributed by atoms with E-state index in [-0.39, 0.29) is 22.5 Å². The van der Waals surface area contributed by atoms with E-state index in [1.54, 1.807) is 12.1 Å². The Balaban J connectivity index is 2.10. The average molecular weight is 294 g/mol. The minimum Gasteiger partial charge on any atom is -0.392 e. The summed E-state index contributed by atoms with van der Waals surface area (Å²) >= 11 is 5.07. The van der Waals surface area contributed by atoms with Gasteiger partial charge in [-0.2, -0.15) is 0 Å². The summed E-state index contributed by atoms with van der Waals surface area (Å²) in [5.41, 5.74) is 5.79. The molecule has 108 valence electrons. The number of carbonyl (C=O) groups is 1. The molecule has 20 heavy (non-hydrogen) atoms. The lowest BCUT2D eigenvalue weighted by molar-refractivity contribution is 0.0928. The Morgan fingerprint density at radius 1 is 1.30 bits per heavy atom. The molecule has 1 aromatic rings. The van der Waals surface area contributed by atoms with E-state index in [0.29, 0.717) is 0 Å².